The maximum atomic E-state index is 13.2. The summed E-state index contributed by atoms with van der Waals surface area (Å²) < 4.78 is 79.1. The molecule has 1 fully saturated rings. The average Bonchev–Trinajstić information content (AvgIpc) is 2.74. The third-order valence-electron chi connectivity index (χ3n) is 5.68. The molecule has 1 N–H and O–H groups in total. The number of aromatic nitrogens is 1. The van der Waals surface area contributed by atoms with E-state index in [9.17, 15) is 35.9 Å². The number of rotatable bonds is 4. The first kappa shape index (κ1) is 23.7. The number of alkyl halides is 6. The lowest BCUT2D eigenvalue weighted by Gasteiger charge is -2.38. The Morgan fingerprint density at radius 2 is 1.56 bits per heavy atom. The summed E-state index contributed by atoms with van der Waals surface area (Å²) >= 11 is 0. The molecule has 0 aliphatic heterocycles. The Hall–Kier alpha value is -2.91. The summed E-state index contributed by atoms with van der Waals surface area (Å²) in [6, 6.07) is 6.15. The van der Waals surface area contributed by atoms with Gasteiger partial charge in [0.1, 0.15) is 5.78 Å². The number of ketones is 1. The topological polar surface area (TPSA) is 59.1 Å². The maximum absolute atomic E-state index is 13.2. The third kappa shape index (κ3) is 5.11. The first-order chi connectivity index (χ1) is 14.8. The molecule has 1 aromatic carbocycles. The van der Waals surface area contributed by atoms with Gasteiger partial charge < -0.3 is 5.32 Å². The minimum atomic E-state index is -5.01. The summed E-state index contributed by atoms with van der Waals surface area (Å²) in [5, 5.41) is 2.77. The van der Waals surface area contributed by atoms with Gasteiger partial charge in [-0.3, -0.25) is 14.6 Å². The van der Waals surface area contributed by atoms with Gasteiger partial charge in [-0.1, -0.05) is 6.07 Å². The van der Waals surface area contributed by atoms with Gasteiger partial charge in [-0.05, 0) is 55.7 Å². The van der Waals surface area contributed by atoms with Gasteiger partial charge in [0.25, 0.3) is 0 Å². The Kier molecular flexibility index (Phi) is 6.35. The number of carbonyl (C=O) groups excluding carboxylic acids is 2. The predicted octanol–water partition coefficient (Wildman–Crippen LogP) is 5.38. The highest BCUT2D eigenvalue weighted by molar-refractivity contribution is 5.85. The molecule has 0 bridgehead atoms. The molecular weight excluding hydrogens is 438 g/mol. The van der Waals surface area contributed by atoms with E-state index < -0.39 is 46.4 Å². The van der Waals surface area contributed by atoms with E-state index in [2.05, 4.69) is 10.3 Å². The molecule has 2 aromatic rings. The van der Waals surface area contributed by atoms with Gasteiger partial charge in [0.2, 0.25) is 5.91 Å². The van der Waals surface area contributed by atoms with Crippen LogP contribution in [0.2, 0.25) is 0 Å². The monoisotopic (exact) mass is 458 g/mol. The lowest BCUT2D eigenvalue weighted by atomic mass is 9.78. The van der Waals surface area contributed by atoms with Crippen molar-refractivity contribution in [1.29, 1.82) is 0 Å². The number of amides is 1. The first-order valence-corrected chi connectivity index (χ1v) is 9.86. The molecule has 172 valence electrons. The van der Waals surface area contributed by atoms with E-state index in [1.807, 2.05) is 0 Å². The Morgan fingerprint density at radius 1 is 1.00 bits per heavy atom. The molecule has 0 radical (unpaired) electrons. The molecule has 1 atom stereocenters. The fourth-order valence-electron chi connectivity index (χ4n) is 3.77. The molecule has 0 unspecified atom stereocenters. The SMILES string of the molecule is C[C@H](C(=O)NC1(c2ccccn2)CCC(=O)CC1)c1cc(C(F)(F)F)cc(C(F)(F)F)c1. The van der Waals surface area contributed by atoms with E-state index in [1.165, 1.54) is 13.1 Å². The molecule has 3 rings (SSSR count). The summed E-state index contributed by atoms with van der Waals surface area (Å²) in [5.74, 6) is -2.05. The quantitative estimate of drug-likeness (QED) is 0.626. The lowest BCUT2D eigenvalue weighted by Crippen LogP contribution is -2.50. The van der Waals surface area contributed by atoms with Crippen molar-refractivity contribution in [2.24, 2.45) is 0 Å². The Balaban J connectivity index is 1.96. The molecule has 0 spiro atoms. The third-order valence-corrected chi connectivity index (χ3v) is 5.68. The molecule has 1 heterocycles. The van der Waals surface area contributed by atoms with Crippen LogP contribution in [0.15, 0.2) is 42.6 Å². The minimum Gasteiger partial charge on any atom is -0.344 e. The average molecular weight is 458 g/mol. The Bertz CT molecular complexity index is 959. The van der Waals surface area contributed by atoms with E-state index in [4.69, 9.17) is 0 Å². The highest BCUT2D eigenvalue weighted by Crippen LogP contribution is 2.39. The zero-order valence-electron chi connectivity index (χ0n) is 17.0. The van der Waals surface area contributed by atoms with Gasteiger partial charge >= 0.3 is 12.4 Å². The molecule has 1 aromatic heterocycles. The van der Waals surface area contributed by atoms with Crippen molar-refractivity contribution < 1.29 is 35.9 Å². The van der Waals surface area contributed by atoms with Crippen LogP contribution in [-0.2, 0) is 27.5 Å². The molecule has 1 aliphatic rings. The van der Waals surface area contributed by atoms with Gasteiger partial charge in [0.15, 0.2) is 0 Å². The van der Waals surface area contributed by atoms with Crippen LogP contribution in [0.4, 0.5) is 26.3 Å². The van der Waals surface area contributed by atoms with Crippen molar-refractivity contribution >= 4 is 11.7 Å². The first-order valence-electron chi connectivity index (χ1n) is 9.86. The predicted molar refractivity (Wildman–Crippen MR) is 102 cm³/mol. The van der Waals surface area contributed by atoms with Crippen molar-refractivity contribution in [2.45, 2.75) is 56.4 Å². The van der Waals surface area contributed by atoms with Crippen LogP contribution in [-0.4, -0.2) is 16.7 Å². The maximum Gasteiger partial charge on any atom is 0.416 e. The van der Waals surface area contributed by atoms with E-state index in [1.54, 1.807) is 18.2 Å². The minimum absolute atomic E-state index is 0.00607. The van der Waals surface area contributed by atoms with Gasteiger partial charge in [-0.25, -0.2) is 0 Å². The van der Waals surface area contributed by atoms with E-state index in [0.717, 1.165) is 0 Å². The summed E-state index contributed by atoms with van der Waals surface area (Å²) in [4.78, 5) is 29.0. The molecule has 32 heavy (non-hydrogen) atoms. The van der Waals surface area contributed by atoms with Crippen LogP contribution in [0, 0.1) is 0 Å². The number of hydrogen-bond donors (Lipinski definition) is 1. The molecule has 1 saturated carbocycles. The standard InChI is InChI=1S/C22H20F6N2O2/c1-13(14-10-15(21(23,24)25)12-16(11-14)22(26,27)28)19(32)30-20(7-5-17(31)6-8-20)18-4-2-3-9-29-18/h2-4,9-13H,5-8H2,1H3,(H,30,32)/t13-/m0/s1. The number of Topliss-reactive ketones (excluding diaryl/α,β-unsaturated/α-hetero) is 1. The highest BCUT2D eigenvalue weighted by atomic mass is 19.4. The Morgan fingerprint density at radius 3 is 2.03 bits per heavy atom. The molecule has 1 aliphatic carbocycles. The number of halogens is 6. The van der Waals surface area contributed by atoms with Crippen molar-refractivity contribution in [3.63, 3.8) is 0 Å². The molecule has 0 saturated heterocycles. The second-order valence-corrected chi connectivity index (χ2v) is 7.89. The lowest BCUT2D eigenvalue weighted by molar-refractivity contribution is -0.143. The summed E-state index contributed by atoms with van der Waals surface area (Å²) in [7, 11) is 0. The van der Waals surface area contributed by atoms with Crippen molar-refractivity contribution in [1.82, 2.24) is 10.3 Å². The number of benzene rings is 1. The Labute approximate surface area is 180 Å². The van der Waals surface area contributed by atoms with Crippen LogP contribution in [0.5, 0.6) is 0 Å². The summed E-state index contributed by atoms with van der Waals surface area (Å²) in [5.41, 5.74) is -3.93. The van der Waals surface area contributed by atoms with E-state index >= 15 is 0 Å². The fraction of sp³-hybridized carbons (Fsp3) is 0.409. The number of hydrogen-bond acceptors (Lipinski definition) is 3. The number of nitrogens with one attached hydrogen (secondary N) is 1. The largest absolute Gasteiger partial charge is 0.416 e. The van der Waals surface area contributed by atoms with Crippen molar-refractivity contribution in [3.05, 3.63) is 65.0 Å². The van der Waals surface area contributed by atoms with E-state index in [0.29, 0.717) is 17.8 Å². The zero-order chi connectivity index (χ0) is 23.7. The number of carbonyl (C=O) groups is 2. The highest BCUT2D eigenvalue weighted by Gasteiger charge is 2.41. The molecule has 10 heteroatoms. The van der Waals surface area contributed by atoms with Crippen LogP contribution in [0.1, 0.15) is 60.9 Å². The normalized spacial score (nSPS) is 17.7. The van der Waals surface area contributed by atoms with Crippen LogP contribution < -0.4 is 5.32 Å². The van der Waals surface area contributed by atoms with E-state index in [-0.39, 0.29) is 37.5 Å². The second-order valence-electron chi connectivity index (χ2n) is 7.89. The van der Waals surface area contributed by atoms with Gasteiger partial charge in [-0.2, -0.15) is 26.3 Å². The van der Waals surface area contributed by atoms with Gasteiger partial charge in [0.05, 0.1) is 28.3 Å². The second kappa shape index (κ2) is 8.55. The zero-order valence-corrected chi connectivity index (χ0v) is 17.0. The van der Waals surface area contributed by atoms with Crippen LogP contribution in [0.3, 0.4) is 0 Å². The van der Waals surface area contributed by atoms with Gasteiger partial charge in [-0.15, -0.1) is 0 Å². The van der Waals surface area contributed by atoms with Crippen molar-refractivity contribution in [2.75, 3.05) is 0 Å². The fourth-order valence-corrected chi connectivity index (χ4v) is 3.77. The van der Waals surface area contributed by atoms with Crippen molar-refractivity contribution in [3.8, 4) is 0 Å². The molecular formula is C22H20F6N2O2. The summed E-state index contributed by atoms with van der Waals surface area (Å²) in [6.45, 7) is 1.24. The molecule has 4 nitrogen and oxygen atoms in total. The number of pyridine rings is 1. The summed E-state index contributed by atoms with van der Waals surface area (Å²) in [6.07, 6.45) is -7.70. The van der Waals surface area contributed by atoms with Crippen LogP contribution in [0.25, 0.3) is 0 Å². The smallest absolute Gasteiger partial charge is 0.344 e. The number of nitrogens with zero attached hydrogens (tertiary/aromatic N) is 1. The molecule has 1 amide bonds. The van der Waals surface area contributed by atoms with Crippen LogP contribution >= 0.6 is 0 Å². The van der Waals surface area contributed by atoms with Gasteiger partial charge in [0, 0.05) is 19.0 Å².